The molecule has 0 radical (unpaired) electrons. The van der Waals surface area contributed by atoms with Gasteiger partial charge in [-0.3, -0.25) is 0 Å². The molecule has 0 saturated carbocycles. The maximum Gasteiger partial charge on any atom is 0.128 e. The summed E-state index contributed by atoms with van der Waals surface area (Å²) in [6.07, 6.45) is 0. The number of benzene rings is 11. The van der Waals surface area contributed by atoms with E-state index in [-0.39, 0.29) is 47.3 Å². The van der Waals surface area contributed by atoms with E-state index in [1.54, 1.807) is 14.2 Å². The van der Waals surface area contributed by atoms with Crippen LogP contribution in [0.1, 0.15) is 181 Å². The summed E-state index contributed by atoms with van der Waals surface area (Å²) in [5, 5.41) is 0. The monoisotopic (exact) mass is 1130 g/mol. The van der Waals surface area contributed by atoms with E-state index in [2.05, 4.69) is 194 Å². The third kappa shape index (κ3) is 6.07. The lowest BCUT2D eigenvalue weighted by molar-refractivity contribution is 0.141. The predicted octanol–water partition coefficient (Wildman–Crippen LogP) is 15.9. The van der Waals surface area contributed by atoms with Crippen molar-refractivity contribution >= 4 is 44.1 Å². The Morgan fingerprint density at radius 3 is 0.580 bits per heavy atom. The van der Waals surface area contributed by atoms with Crippen molar-refractivity contribution in [2.45, 2.75) is 47.3 Å². The highest BCUT2D eigenvalue weighted by atomic mass is 16.5. The van der Waals surface area contributed by atoms with Gasteiger partial charge in [-0.05, 0) is 160 Å². The molecule has 2 aromatic heterocycles. The van der Waals surface area contributed by atoms with Crippen molar-refractivity contribution in [1.29, 1.82) is 0 Å². The van der Waals surface area contributed by atoms with Crippen LogP contribution in [0.2, 0.25) is 0 Å². The molecule has 8 bridgehead atoms. The second-order valence-electron chi connectivity index (χ2n) is 25.6. The molecule has 0 saturated heterocycles. The van der Waals surface area contributed by atoms with Gasteiger partial charge in [0.15, 0.2) is 0 Å². The zero-order chi connectivity index (χ0) is 57.4. The molecule has 8 nitrogen and oxygen atoms in total. The first-order valence-corrected chi connectivity index (χ1v) is 31.2. The van der Waals surface area contributed by atoms with Crippen LogP contribution in [0, 0.1) is 0 Å². The van der Waals surface area contributed by atoms with Gasteiger partial charge in [-0.2, -0.15) is 0 Å². The maximum absolute atomic E-state index is 7.47. The van der Waals surface area contributed by atoms with E-state index in [4.69, 9.17) is 38.9 Å². The predicted molar refractivity (Wildman–Crippen MR) is 341 cm³/mol. The van der Waals surface area contributed by atoms with Gasteiger partial charge in [-0.15, -0.1) is 0 Å². The Bertz CT molecular complexity index is 4620. The minimum absolute atomic E-state index is 0.142. The molecule has 12 aliphatic carbocycles. The van der Waals surface area contributed by atoms with Crippen LogP contribution >= 0.6 is 0 Å². The molecule has 0 N–H and O–H groups in total. The van der Waals surface area contributed by atoms with Crippen LogP contribution in [0.25, 0.3) is 44.1 Å². The van der Waals surface area contributed by atoms with Gasteiger partial charge in [0, 0.05) is 83.8 Å². The molecule has 25 rings (SSSR count). The lowest BCUT2D eigenvalue weighted by Crippen LogP contribution is -2.34. The number of rotatable bonds is 8. The van der Waals surface area contributed by atoms with Gasteiger partial charge in [0.25, 0.3) is 0 Å². The molecule has 88 heavy (non-hydrogen) atoms. The summed E-state index contributed by atoms with van der Waals surface area (Å²) in [7, 11) is 3.51. The van der Waals surface area contributed by atoms with E-state index in [1.807, 2.05) is 0 Å². The van der Waals surface area contributed by atoms with E-state index in [0.717, 1.165) is 77.9 Å². The first-order valence-electron chi connectivity index (χ1n) is 31.2. The quantitative estimate of drug-likeness (QED) is 0.110. The molecule has 11 aromatic carbocycles. The van der Waals surface area contributed by atoms with Crippen molar-refractivity contribution in [2.24, 2.45) is 0 Å². The molecule has 13 aromatic rings. The number of fused-ring (bicyclic) bond motifs is 4. The Kier molecular flexibility index (Phi) is 9.57. The summed E-state index contributed by atoms with van der Waals surface area (Å²) in [5.74, 6) is 1.62. The molecule has 0 aliphatic heterocycles. The number of nitrogens with zero attached hydrogens (tertiary/aromatic N) is 4. The zero-order valence-electron chi connectivity index (χ0n) is 48.3. The summed E-state index contributed by atoms with van der Waals surface area (Å²) in [5.41, 5.74) is 38.4. The van der Waals surface area contributed by atoms with Crippen LogP contribution in [0.15, 0.2) is 194 Å². The molecule has 0 amide bonds. The number of methoxy groups -OCH3 is 2. The van der Waals surface area contributed by atoms with Gasteiger partial charge < -0.3 is 18.9 Å². The highest BCUT2D eigenvalue weighted by molar-refractivity contribution is 5.94. The van der Waals surface area contributed by atoms with Crippen LogP contribution < -0.4 is 9.47 Å². The SMILES string of the molecule is COCCOc1c2c(c(OCCOC)c3c1[C@H]1c4ccccc4[C@@H]3c3cc4nc5cc6c(cc5nc4cc31)C1c3ccccc3C6c3ccccc31)[C@H]1c3ccccc3[C@@H]2c2cc3nc4cc5c(cc4nc3cc21)C1c2ccccc2C5c2ccccc21. The van der Waals surface area contributed by atoms with Gasteiger partial charge in [-0.25, -0.2) is 19.9 Å². The minimum atomic E-state index is -0.197. The maximum atomic E-state index is 7.47. The fourth-order valence-corrected chi connectivity index (χ4v) is 18.5. The summed E-state index contributed by atoms with van der Waals surface area (Å²) in [4.78, 5) is 22.5. The third-order valence-corrected chi connectivity index (χ3v) is 21.7. The van der Waals surface area contributed by atoms with E-state index >= 15 is 0 Å². The Hall–Kier alpha value is -9.86. The molecule has 0 spiro atoms. The average Bonchev–Trinajstić information content (AvgIpc) is 0.810. The molecule has 418 valence electrons. The van der Waals surface area contributed by atoms with Crippen molar-refractivity contribution in [1.82, 2.24) is 19.9 Å². The number of ether oxygens (including phenoxy) is 4. The van der Waals surface area contributed by atoms with Gasteiger partial charge in [-0.1, -0.05) is 146 Å². The van der Waals surface area contributed by atoms with Crippen molar-refractivity contribution in [2.75, 3.05) is 40.6 Å². The summed E-state index contributed by atoms with van der Waals surface area (Å²) >= 11 is 0. The fraction of sp³-hybridized carbons (Fsp3) is 0.175. The normalized spacial score (nSPS) is 21.1. The minimum Gasteiger partial charge on any atom is -0.491 e. The van der Waals surface area contributed by atoms with Gasteiger partial charge in [0.1, 0.15) is 24.7 Å². The number of aromatic nitrogens is 4. The smallest absolute Gasteiger partial charge is 0.128 e. The van der Waals surface area contributed by atoms with Crippen molar-refractivity contribution < 1.29 is 18.9 Å². The van der Waals surface area contributed by atoms with E-state index in [9.17, 15) is 0 Å². The van der Waals surface area contributed by atoms with E-state index in [1.165, 1.54) is 111 Å². The van der Waals surface area contributed by atoms with Crippen LogP contribution in [-0.4, -0.2) is 60.6 Å². The van der Waals surface area contributed by atoms with E-state index in [0.29, 0.717) is 26.4 Å². The highest BCUT2D eigenvalue weighted by Gasteiger charge is 2.53. The molecule has 12 aliphatic rings. The molecule has 0 unspecified atom stereocenters. The van der Waals surface area contributed by atoms with Crippen LogP contribution in [0.4, 0.5) is 0 Å². The second-order valence-corrected chi connectivity index (χ2v) is 25.6. The van der Waals surface area contributed by atoms with Crippen LogP contribution in [-0.2, 0) is 9.47 Å². The highest BCUT2D eigenvalue weighted by Crippen LogP contribution is 2.69. The fourth-order valence-electron chi connectivity index (χ4n) is 18.5. The first kappa shape index (κ1) is 48.3. The largest absolute Gasteiger partial charge is 0.491 e. The topological polar surface area (TPSA) is 88.5 Å². The van der Waals surface area contributed by atoms with E-state index < -0.39 is 0 Å². The first-order chi connectivity index (χ1) is 43.6. The summed E-state index contributed by atoms with van der Waals surface area (Å²) in [6, 6.07) is 73.1. The molecule has 8 heteroatoms. The number of hydrogen-bond donors (Lipinski definition) is 0. The van der Waals surface area contributed by atoms with Gasteiger partial charge in [0.2, 0.25) is 0 Å². The Balaban J connectivity index is 0.782. The lowest BCUT2D eigenvalue weighted by Gasteiger charge is -2.49. The Labute approximate surface area is 507 Å². The van der Waals surface area contributed by atoms with Crippen molar-refractivity contribution in [3.63, 3.8) is 0 Å². The second kappa shape index (κ2) is 17.4. The van der Waals surface area contributed by atoms with Gasteiger partial charge >= 0.3 is 0 Å². The summed E-state index contributed by atoms with van der Waals surface area (Å²) < 4.78 is 26.6. The third-order valence-electron chi connectivity index (χ3n) is 21.7. The average molecular weight is 1140 g/mol. The molecule has 2 heterocycles. The molecular weight excluding hydrogens is 1080 g/mol. The lowest BCUT2D eigenvalue weighted by atomic mass is 9.55. The molecule has 0 fully saturated rings. The number of hydrogen-bond acceptors (Lipinski definition) is 8. The van der Waals surface area contributed by atoms with Gasteiger partial charge in [0.05, 0.1) is 57.3 Å². The summed E-state index contributed by atoms with van der Waals surface area (Å²) in [6.45, 7) is 1.63. The molecular formula is C80H54N4O4. The standard InChI is InChI=1S/C80H54N4O4/c1-85-27-29-87-79-75-71-47-23-11-13-25-49(47)73(57-37-65-63(35-55(57)71)81-59-31-51-53(33-61(59)83-65)69-43-19-7-3-15-39(43)67(51)40-16-4-8-20-44(40)69)77(75)80(88-30-28-86-2)78-74-50-26-14-12-24-48(50)72(76(78)79)56-36-64-66(38-58(56)74)84-62-34-54-52(32-60(62)82-64)68-41-17-5-9-21-45(41)70(54)46-22-10-6-18-42(46)68/h3-26,31-38,67-74H,27-30H2,1-2H3/t67?,68?,69?,70?,71-,72+,73+,74-. The van der Waals surface area contributed by atoms with Crippen LogP contribution in [0.3, 0.4) is 0 Å². The van der Waals surface area contributed by atoms with Crippen LogP contribution in [0.5, 0.6) is 11.5 Å². The zero-order valence-corrected chi connectivity index (χ0v) is 48.3. The Morgan fingerprint density at radius 1 is 0.227 bits per heavy atom. The Morgan fingerprint density at radius 2 is 0.398 bits per heavy atom. The molecule has 4 atom stereocenters. The van der Waals surface area contributed by atoms with Crippen molar-refractivity contribution in [3.05, 3.63) is 328 Å². The van der Waals surface area contributed by atoms with Crippen molar-refractivity contribution in [3.8, 4) is 11.5 Å².